The number of halogens is 1. The van der Waals surface area contributed by atoms with E-state index in [0.29, 0.717) is 5.69 Å². The van der Waals surface area contributed by atoms with Gasteiger partial charge in [-0.05, 0) is 42.8 Å². The summed E-state index contributed by atoms with van der Waals surface area (Å²) < 4.78 is 40.0. The van der Waals surface area contributed by atoms with Gasteiger partial charge in [-0.2, -0.15) is 4.31 Å². The molecule has 8 nitrogen and oxygen atoms in total. The average molecular weight is 449 g/mol. The van der Waals surface area contributed by atoms with Crippen LogP contribution in [0.4, 0.5) is 15.8 Å². The van der Waals surface area contributed by atoms with Crippen molar-refractivity contribution >= 4 is 33.2 Å². The van der Waals surface area contributed by atoms with Gasteiger partial charge in [0.2, 0.25) is 21.8 Å². The second kappa shape index (κ2) is 9.44. The van der Waals surface area contributed by atoms with Crippen molar-refractivity contribution in [1.29, 1.82) is 0 Å². The van der Waals surface area contributed by atoms with E-state index in [1.165, 1.54) is 29.4 Å². The Balaban J connectivity index is 1.57. The van der Waals surface area contributed by atoms with Crippen LogP contribution in [0.3, 0.4) is 0 Å². The molecule has 1 saturated heterocycles. The molecule has 0 bridgehead atoms. The van der Waals surface area contributed by atoms with Crippen LogP contribution >= 0.6 is 0 Å². The molecule has 2 amide bonds. The predicted octanol–water partition coefficient (Wildman–Crippen LogP) is 2.04. The van der Waals surface area contributed by atoms with Gasteiger partial charge in [-0.15, -0.1) is 0 Å². The molecule has 2 aromatic carbocycles. The number of carbonyl (C=O) groups excluding carboxylic acids is 2. The number of nitrogens with zero attached hydrogens (tertiary/aromatic N) is 2. The molecule has 1 aliphatic rings. The molecule has 0 aromatic heterocycles. The molecule has 3 rings (SSSR count). The summed E-state index contributed by atoms with van der Waals surface area (Å²) in [5.74, 6) is -0.956. The molecule has 31 heavy (non-hydrogen) atoms. The fourth-order valence-corrected chi connectivity index (χ4v) is 4.78. The summed E-state index contributed by atoms with van der Waals surface area (Å²) in [6.07, 6.45) is 0. The number of piperazine rings is 1. The highest BCUT2D eigenvalue weighted by Crippen LogP contribution is 2.21. The second-order valence-corrected chi connectivity index (χ2v) is 9.24. The minimum Gasteiger partial charge on any atom is -0.376 e. The summed E-state index contributed by atoms with van der Waals surface area (Å²) in [6, 6.07) is 10.3. The summed E-state index contributed by atoms with van der Waals surface area (Å²) in [4.78, 5) is 25.3. The Morgan fingerprint density at radius 3 is 2.42 bits per heavy atom. The smallest absolute Gasteiger partial charge is 0.243 e. The first-order valence-corrected chi connectivity index (χ1v) is 11.3. The van der Waals surface area contributed by atoms with Crippen molar-refractivity contribution < 1.29 is 22.4 Å². The topological polar surface area (TPSA) is 98.8 Å². The number of anilines is 2. The highest BCUT2D eigenvalue weighted by molar-refractivity contribution is 7.89. The molecule has 1 heterocycles. The monoisotopic (exact) mass is 448 g/mol. The third-order valence-electron chi connectivity index (χ3n) is 5.01. The van der Waals surface area contributed by atoms with Crippen LogP contribution in [0.2, 0.25) is 0 Å². The zero-order valence-corrected chi connectivity index (χ0v) is 18.2. The van der Waals surface area contributed by atoms with Crippen molar-refractivity contribution in [2.45, 2.75) is 18.7 Å². The lowest BCUT2D eigenvalue weighted by Crippen LogP contribution is -2.51. The van der Waals surface area contributed by atoms with Gasteiger partial charge in [0.1, 0.15) is 5.82 Å². The minimum atomic E-state index is -3.80. The van der Waals surface area contributed by atoms with Crippen molar-refractivity contribution in [3.63, 3.8) is 0 Å². The molecule has 1 aliphatic heterocycles. The normalized spacial score (nSPS) is 14.9. The largest absolute Gasteiger partial charge is 0.376 e. The third-order valence-corrected chi connectivity index (χ3v) is 6.91. The molecular formula is C21H25FN4O4S. The molecule has 1 fully saturated rings. The lowest BCUT2D eigenvalue weighted by molar-refractivity contribution is -0.130. The minimum absolute atomic E-state index is 0.0427. The lowest BCUT2D eigenvalue weighted by atomic mass is 10.1. The van der Waals surface area contributed by atoms with Gasteiger partial charge in [0.25, 0.3) is 0 Å². The summed E-state index contributed by atoms with van der Waals surface area (Å²) in [6.45, 7) is 4.13. The highest BCUT2D eigenvalue weighted by atomic mass is 32.2. The van der Waals surface area contributed by atoms with Gasteiger partial charge in [0, 0.05) is 44.5 Å². The maximum absolute atomic E-state index is 13.4. The predicted molar refractivity (Wildman–Crippen MR) is 116 cm³/mol. The Morgan fingerprint density at radius 2 is 1.77 bits per heavy atom. The van der Waals surface area contributed by atoms with E-state index in [9.17, 15) is 22.4 Å². The number of carbonyl (C=O) groups is 2. The van der Waals surface area contributed by atoms with Crippen molar-refractivity contribution in [2.75, 3.05) is 43.4 Å². The highest BCUT2D eigenvalue weighted by Gasteiger charge is 2.30. The molecule has 0 saturated carbocycles. The van der Waals surface area contributed by atoms with E-state index >= 15 is 0 Å². The SMILES string of the molecule is CC(=O)Nc1ccc(C)c(NCC(=O)N2CCN(S(=O)(=O)c3cccc(F)c3)CC2)c1. The van der Waals surface area contributed by atoms with E-state index < -0.39 is 15.8 Å². The number of hydrogen-bond donors (Lipinski definition) is 2. The van der Waals surface area contributed by atoms with Crippen LogP contribution in [0.15, 0.2) is 47.4 Å². The molecule has 0 atom stereocenters. The number of aryl methyl sites for hydroxylation is 1. The van der Waals surface area contributed by atoms with Crippen LogP contribution in [-0.2, 0) is 19.6 Å². The van der Waals surface area contributed by atoms with Crippen molar-refractivity contribution in [2.24, 2.45) is 0 Å². The van der Waals surface area contributed by atoms with Gasteiger partial charge in [0.15, 0.2) is 0 Å². The Labute approximate surface area is 181 Å². The first-order chi connectivity index (χ1) is 14.7. The van der Waals surface area contributed by atoms with Gasteiger partial charge in [-0.1, -0.05) is 12.1 Å². The van der Waals surface area contributed by atoms with E-state index in [0.717, 1.165) is 17.3 Å². The molecular weight excluding hydrogens is 423 g/mol. The number of sulfonamides is 1. The molecule has 2 N–H and O–H groups in total. The van der Waals surface area contributed by atoms with Crippen LogP contribution in [0.1, 0.15) is 12.5 Å². The van der Waals surface area contributed by atoms with Crippen LogP contribution in [0, 0.1) is 12.7 Å². The number of amides is 2. The Kier molecular flexibility index (Phi) is 6.91. The zero-order valence-electron chi connectivity index (χ0n) is 17.4. The van der Waals surface area contributed by atoms with Crippen LogP contribution < -0.4 is 10.6 Å². The van der Waals surface area contributed by atoms with E-state index in [4.69, 9.17) is 0 Å². The van der Waals surface area contributed by atoms with E-state index in [1.807, 2.05) is 13.0 Å². The Bertz CT molecular complexity index is 1080. The lowest BCUT2D eigenvalue weighted by Gasteiger charge is -2.34. The molecule has 0 unspecified atom stereocenters. The van der Waals surface area contributed by atoms with Crippen LogP contribution in [-0.4, -0.2) is 62.2 Å². The quantitative estimate of drug-likeness (QED) is 0.705. The van der Waals surface area contributed by atoms with Crippen molar-refractivity contribution in [1.82, 2.24) is 9.21 Å². The molecule has 0 aliphatic carbocycles. The van der Waals surface area contributed by atoms with Gasteiger partial charge in [0.05, 0.1) is 11.4 Å². The van der Waals surface area contributed by atoms with Gasteiger partial charge in [-0.3, -0.25) is 9.59 Å². The standard InChI is InChI=1S/C21H25FN4O4S/c1-15-6-7-18(24-16(2)27)13-20(15)23-14-21(28)25-8-10-26(11-9-25)31(29,30)19-5-3-4-17(22)12-19/h3-7,12-13,23H,8-11,14H2,1-2H3,(H,24,27). The number of rotatable bonds is 6. The molecule has 0 radical (unpaired) electrons. The molecule has 166 valence electrons. The number of hydrogen-bond acceptors (Lipinski definition) is 5. The first kappa shape index (κ1) is 22.7. The summed E-state index contributed by atoms with van der Waals surface area (Å²) in [5, 5.41) is 5.78. The first-order valence-electron chi connectivity index (χ1n) is 9.82. The maximum Gasteiger partial charge on any atom is 0.243 e. The second-order valence-electron chi connectivity index (χ2n) is 7.31. The summed E-state index contributed by atoms with van der Waals surface area (Å²) in [7, 11) is -3.80. The summed E-state index contributed by atoms with van der Waals surface area (Å²) in [5.41, 5.74) is 2.28. The van der Waals surface area contributed by atoms with Gasteiger partial charge >= 0.3 is 0 Å². The maximum atomic E-state index is 13.4. The van der Waals surface area contributed by atoms with E-state index in [-0.39, 0.29) is 49.4 Å². The Morgan fingerprint density at radius 1 is 1.06 bits per heavy atom. The third kappa shape index (κ3) is 5.59. The fraction of sp³-hybridized carbons (Fsp3) is 0.333. The average Bonchev–Trinajstić information content (AvgIpc) is 2.73. The van der Waals surface area contributed by atoms with E-state index in [2.05, 4.69) is 10.6 Å². The number of nitrogens with one attached hydrogen (secondary N) is 2. The van der Waals surface area contributed by atoms with Gasteiger partial charge in [-0.25, -0.2) is 12.8 Å². The van der Waals surface area contributed by atoms with Gasteiger partial charge < -0.3 is 15.5 Å². The number of benzene rings is 2. The van der Waals surface area contributed by atoms with E-state index in [1.54, 1.807) is 17.0 Å². The van der Waals surface area contributed by atoms with Crippen LogP contribution in [0.25, 0.3) is 0 Å². The Hall–Kier alpha value is -2.98. The molecule has 10 heteroatoms. The molecule has 2 aromatic rings. The fourth-order valence-electron chi connectivity index (χ4n) is 3.33. The molecule has 0 spiro atoms. The van der Waals surface area contributed by atoms with Crippen molar-refractivity contribution in [3.05, 3.63) is 53.8 Å². The zero-order chi connectivity index (χ0) is 22.6. The van der Waals surface area contributed by atoms with Crippen molar-refractivity contribution in [3.8, 4) is 0 Å². The summed E-state index contributed by atoms with van der Waals surface area (Å²) >= 11 is 0. The van der Waals surface area contributed by atoms with Crippen LogP contribution in [0.5, 0.6) is 0 Å².